The number of ether oxygens (including phenoxy) is 1. The summed E-state index contributed by atoms with van der Waals surface area (Å²) in [5.41, 5.74) is 1.37. The molecule has 3 heterocycles. The highest BCUT2D eigenvalue weighted by molar-refractivity contribution is 7.22. The summed E-state index contributed by atoms with van der Waals surface area (Å²) in [6, 6.07) is 15.4. The number of anilines is 1. The quantitative estimate of drug-likeness (QED) is 0.291. The number of para-hydroxylation sites is 1. The number of carbonyl (C=O) groups is 1. The zero-order chi connectivity index (χ0) is 25.4. The average molecular weight is 510 g/mol. The van der Waals surface area contributed by atoms with Gasteiger partial charge in [0.15, 0.2) is 16.7 Å². The Bertz CT molecular complexity index is 1580. The highest BCUT2D eigenvalue weighted by Gasteiger charge is 2.30. The molecule has 0 saturated heterocycles. The first kappa shape index (κ1) is 23.5. The number of fused-ring (bicyclic) bond motifs is 1. The zero-order valence-corrected chi connectivity index (χ0v) is 19.8. The summed E-state index contributed by atoms with van der Waals surface area (Å²) >= 11 is 1.31. The SMILES string of the molecule is CC(=O)Nc1nc2c(Oc3cc(-c4ccc(C(F)(F)F)cc4)nc(-c4cccn4C)n3)cccc2s1. The van der Waals surface area contributed by atoms with Gasteiger partial charge >= 0.3 is 6.18 Å². The van der Waals surface area contributed by atoms with Crippen LogP contribution >= 0.6 is 11.3 Å². The van der Waals surface area contributed by atoms with Gasteiger partial charge in [0, 0.05) is 31.8 Å². The Kier molecular flexibility index (Phi) is 5.92. The van der Waals surface area contributed by atoms with Crippen LogP contribution in [0.4, 0.5) is 18.3 Å². The van der Waals surface area contributed by atoms with E-state index in [1.165, 1.54) is 30.4 Å². The van der Waals surface area contributed by atoms with Crippen LogP contribution in [0.15, 0.2) is 66.9 Å². The molecule has 36 heavy (non-hydrogen) atoms. The molecule has 3 aromatic heterocycles. The summed E-state index contributed by atoms with van der Waals surface area (Å²) in [6.07, 6.45) is -2.60. The van der Waals surface area contributed by atoms with Gasteiger partial charge in [-0.2, -0.15) is 18.2 Å². The first-order valence-corrected chi connectivity index (χ1v) is 11.5. The largest absolute Gasteiger partial charge is 0.437 e. The Morgan fingerprint density at radius 3 is 2.47 bits per heavy atom. The number of aromatic nitrogens is 4. The maximum absolute atomic E-state index is 13.0. The molecule has 0 unspecified atom stereocenters. The van der Waals surface area contributed by atoms with E-state index in [0.717, 1.165) is 16.8 Å². The molecule has 0 radical (unpaired) electrons. The number of amides is 1. The van der Waals surface area contributed by atoms with Crippen molar-refractivity contribution in [3.05, 3.63) is 72.4 Å². The van der Waals surface area contributed by atoms with Crippen molar-refractivity contribution in [3.63, 3.8) is 0 Å². The van der Waals surface area contributed by atoms with Crippen molar-refractivity contribution in [1.82, 2.24) is 19.5 Å². The summed E-state index contributed by atoms with van der Waals surface area (Å²) < 4.78 is 47.9. The predicted octanol–water partition coefficient (Wildman–Crippen LogP) is 6.53. The molecule has 11 heteroatoms. The lowest BCUT2D eigenvalue weighted by atomic mass is 10.1. The molecule has 1 amide bonds. The fraction of sp³-hybridized carbons (Fsp3) is 0.120. The molecule has 0 aliphatic carbocycles. The number of aryl methyl sites for hydroxylation is 1. The van der Waals surface area contributed by atoms with Gasteiger partial charge in [-0.25, -0.2) is 9.97 Å². The van der Waals surface area contributed by atoms with Crippen LogP contribution in [0.3, 0.4) is 0 Å². The molecule has 5 rings (SSSR count). The average Bonchev–Trinajstić information content (AvgIpc) is 3.44. The van der Waals surface area contributed by atoms with Gasteiger partial charge in [0.25, 0.3) is 0 Å². The van der Waals surface area contributed by atoms with E-state index >= 15 is 0 Å². The van der Waals surface area contributed by atoms with Crippen molar-refractivity contribution in [2.24, 2.45) is 7.05 Å². The van der Waals surface area contributed by atoms with Gasteiger partial charge in [-0.15, -0.1) is 0 Å². The molecule has 5 aromatic rings. The Hall–Kier alpha value is -4.25. The molecule has 0 aliphatic heterocycles. The van der Waals surface area contributed by atoms with Gasteiger partial charge < -0.3 is 14.6 Å². The topological polar surface area (TPSA) is 81.9 Å². The minimum Gasteiger partial charge on any atom is -0.437 e. The summed E-state index contributed by atoms with van der Waals surface area (Å²) in [5.74, 6) is 0.716. The predicted molar refractivity (Wildman–Crippen MR) is 131 cm³/mol. The summed E-state index contributed by atoms with van der Waals surface area (Å²) in [6.45, 7) is 1.40. The van der Waals surface area contributed by atoms with Gasteiger partial charge in [0.1, 0.15) is 5.52 Å². The fourth-order valence-electron chi connectivity index (χ4n) is 3.59. The number of halogens is 3. The smallest absolute Gasteiger partial charge is 0.416 e. The van der Waals surface area contributed by atoms with E-state index in [-0.39, 0.29) is 11.8 Å². The van der Waals surface area contributed by atoms with E-state index in [1.807, 2.05) is 36.0 Å². The minimum atomic E-state index is -4.44. The van der Waals surface area contributed by atoms with Gasteiger partial charge in [0.2, 0.25) is 11.8 Å². The molecule has 1 N–H and O–H groups in total. The first-order chi connectivity index (χ1) is 17.2. The number of rotatable bonds is 5. The maximum atomic E-state index is 13.0. The van der Waals surface area contributed by atoms with Crippen LogP contribution in [0.2, 0.25) is 0 Å². The number of hydrogen-bond acceptors (Lipinski definition) is 6. The molecule has 7 nitrogen and oxygen atoms in total. The van der Waals surface area contributed by atoms with Crippen molar-refractivity contribution in [2.75, 3.05) is 5.32 Å². The van der Waals surface area contributed by atoms with Crippen LogP contribution in [0.1, 0.15) is 12.5 Å². The molecule has 0 atom stereocenters. The third-order valence-corrected chi connectivity index (χ3v) is 6.20. The van der Waals surface area contributed by atoms with E-state index in [0.29, 0.717) is 39.2 Å². The van der Waals surface area contributed by atoms with Crippen LogP contribution in [-0.2, 0) is 18.0 Å². The van der Waals surface area contributed by atoms with Gasteiger partial charge in [-0.3, -0.25) is 4.79 Å². The number of hydrogen-bond donors (Lipinski definition) is 1. The summed E-state index contributed by atoms with van der Waals surface area (Å²) in [4.78, 5) is 25.0. The highest BCUT2D eigenvalue weighted by atomic mass is 32.1. The van der Waals surface area contributed by atoms with Crippen LogP contribution in [0.5, 0.6) is 11.6 Å². The molecule has 0 aliphatic rings. The van der Waals surface area contributed by atoms with Crippen molar-refractivity contribution in [3.8, 4) is 34.4 Å². The lowest BCUT2D eigenvalue weighted by molar-refractivity contribution is -0.137. The monoisotopic (exact) mass is 509 g/mol. The van der Waals surface area contributed by atoms with Crippen LogP contribution in [0, 0.1) is 0 Å². The molecule has 0 saturated carbocycles. The molecule has 0 bridgehead atoms. The molecular weight excluding hydrogens is 491 g/mol. The molecule has 0 fully saturated rings. The fourth-order valence-corrected chi connectivity index (χ4v) is 4.51. The van der Waals surface area contributed by atoms with Crippen LogP contribution < -0.4 is 10.1 Å². The normalized spacial score (nSPS) is 11.6. The standard InChI is InChI=1S/C25H18F3N5O2S/c1-14(34)29-24-32-22-19(6-3-7-20(22)36-24)35-21-13-17(15-8-10-16(11-9-15)25(26,27)28)30-23(31-21)18-5-4-12-33(18)2/h3-13H,1-2H3,(H,29,32,34). The summed E-state index contributed by atoms with van der Waals surface area (Å²) in [5, 5.41) is 3.11. The Labute approximate surface area is 207 Å². The molecular formula is C25H18F3N5O2S. The number of alkyl halides is 3. The van der Waals surface area contributed by atoms with Gasteiger partial charge in [-0.05, 0) is 36.4 Å². The molecule has 0 spiro atoms. The molecule has 182 valence electrons. The van der Waals surface area contributed by atoms with E-state index in [4.69, 9.17) is 4.74 Å². The van der Waals surface area contributed by atoms with Crippen LogP contribution in [-0.4, -0.2) is 25.4 Å². The van der Waals surface area contributed by atoms with E-state index in [2.05, 4.69) is 20.3 Å². The van der Waals surface area contributed by atoms with E-state index in [9.17, 15) is 18.0 Å². The second-order valence-corrected chi connectivity index (χ2v) is 8.93. The highest BCUT2D eigenvalue weighted by Crippen LogP contribution is 2.36. The van der Waals surface area contributed by atoms with E-state index in [1.54, 1.807) is 18.2 Å². The number of nitrogens with zero attached hydrogens (tertiary/aromatic N) is 4. The van der Waals surface area contributed by atoms with Crippen molar-refractivity contribution < 1.29 is 22.7 Å². The zero-order valence-electron chi connectivity index (χ0n) is 19.0. The van der Waals surface area contributed by atoms with E-state index < -0.39 is 11.7 Å². The Morgan fingerprint density at radius 2 is 1.81 bits per heavy atom. The van der Waals surface area contributed by atoms with Gasteiger partial charge in [-0.1, -0.05) is 29.5 Å². The maximum Gasteiger partial charge on any atom is 0.416 e. The number of nitrogens with one attached hydrogen (secondary N) is 1. The molecule has 2 aromatic carbocycles. The lowest BCUT2D eigenvalue weighted by Gasteiger charge is -2.11. The third kappa shape index (κ3) is 4.78. The van der Waals surface area contributed by atoms with Crippen molar-refractivity contribution in [1.29, 1.82) is 0 Å². The second kappa shape index (κ2) is 9.08. The Morgan fingerprint density at radius 1 is 1.03 bits per heavy atom. The minimum absolute atomic E-state index is 0.192. The van der Waals surface area contributed by atoms with Crippen molar-refractivity contribution >= 4 is 32.6 Å². The van der Waals surface area contributed by atoms with Crippen LogP contribution in [0.25, 0.3) is 33.0 Å². The Balaban J connectivity index is 1.58. The number of benzene rings is 2. The second-order valence-electron chi connectivity index (χ2n) is 7.90. The van der Waals surface area contributed by atoms with Crippen molar-refractivity contribution in [2.45, 2.75) is 13.1 Å². The lowest BCUT2D eigenvalue weighted by Crippen LogP contribution is -2.04. The number of carbonyl (C=O) groups excluding carboxylic acids is 1. The first-order valence-electron chi connectivity index (χ1n) is 10.7. The summed E-state index contributed by atoms with van der Waals surface area (Å²) in [7, 11) is 1.84. The number of thiazole rings is 1. The van der Waals surface area contributed by atoms with Gasteiger partial charge in [0.05, 0.1) is 21.7 Å². The third-order valence-electron chi connectivity index (χ3n) is 5.26.